The average molecular weight is 460 g/mol. The van der Waals surface area contributed by atoms with E-state index in [4.69, 9.17) is 4.74 Å². The Hall–Kier alpha value is -3.84. The molecule has 1 saturated heterocycles. The van der Waals surface area contributed by atoms with Gasteiger partial charge >= 0.3 is 0 Å². The molecule has 1 aromatic carbocycles. The maximum Gasteiger partial charge on any atom is 0.270 e. The first kappa shape index (κ1) is 21.0. The van der Waals surface area contributed by atoms with E-state index in [1.165, 1.54) is 12.4 Å². The summed E-state index contributed by atoms with van der Waals surface area (Å²) in [5.74, 6) is -2.50. The fraction of sp³-hybridized carbons (Fsp3) is 0.250. The van der Waals surface area contributed by atoms with E-state index < -0.39 is 17.5 Å². The number of hydrazine groups is 2. The molecule has 1 amide bonds. The lowest BCUT2D eigenvalue weighted by Crippen LogP contribution is -2.49. The van der Waals surface area contributed by atoms with E-state index in [1.807, 2.05) is 0 Å². The molecule has 2 aromatic heterocycles. The fourth-order valence-corrected chi connectivity index (χ4v) is 3.80. The molecule has 0 radical (unpaired) electrons. The summed E-state index contributed by atoms with van der Waals surface area (Å²) in [6.45, 7) is 0.584. The highest BCUT2D eigenvalue weighted by atomic mass is 19.1. The molecule has 0 spiro atoms. The summed E-state index contributed by atoms with van der Waals surface area (Å²) in [5, 5.41) is 6.06. The van der Waals surface area contributed by atoms with E-state index in [0.717, 1.165) is 18.3 Å². The first-order valence-electron chi connectivity index (χ1n) is 10.1. The molecule has 33 heavy (non-hydrogen) atoms. The van der Waals surface area contributed by atoms with Gasteiger partial charge < -0.3 is 25.8 Å². The van der Waals surface area contributed by atoms with Gasteiger partial charge in [0.25, 0.3) is 5.91 Å². The highest BCUT2D eigenvalue weighted by Gasteiger charge is 2.27. The number of nitrogens with one attached hydrogen (secondary N) is 6. The van der Waals surface area contributed by atoms with Crippen LogP contribution in [0.2, 0.25) is 0 Å². The molecule has 2 unspecified atom stereocenters. The number of ether oxygens (including phenoxy) is 1. The van der Waals surface area contributed by atoms with Gasteiger partial charge in [-0.3, -0.25) is 10.2 Å². The van der Waals surface area contributed by atoms with Crippen LogP contribution in [0.1, 0.15) is 6.42 Å². The van der Waals surface area contributed by atoms with Gasteiger partial charge in [-0.2, -0.15) is 5.53 Å². The Bertz CT molecular complexity index is 1250. The number of anilines is 1. The van der Waals surface area contributed by atoms with E-state index in [9.17, 15) is 18.0 Å². The second-order valence-electron chi connectivity index (χ2n) is 7.64. The highest BCUT2D eigenvalue weighted by Crippen LogP contribution is 2.30. The number of carbonyl (C=O) groups is 1. The van der Waals surface area contributed by atoms with Crippen LogP contribution in [0.4, 0.5) is 19.0 Å². The zero-order chi connectivity index (χ0) is 22.9. The van der Waals surface area contributed by atoms with Gasteiger partial charge in [0.1, 0.15) is 17.3 Å². The van der Waals surface area contributed by atoms with Crippen LogP contribution in [0.3, 0.4) is 0 Å². The second kappa shape index (κ2) is 8.60. The molecule has 10 nitrogen and oxygen atoms in total. The molecule has 5 rings (SSSR count). The van der Waals surface area contributed by atoms with Crippen molar-refractivity contribution in [3.63, 3.8) is 0 Å². The Morgan fingerprint density at radius 1 is 1.15 bits per heavy atom. The number of fused-ring (bicyclic) bond motifs is 1. The lowest BCUT2D eigenvalue weighted by atomic mass is 10.1. The normalized spacial score (nSPS) is 20.2. The third kappa shape index (κ3) is 4.27. The maximum atomic E-state index is 14.5. The number of carbonyl (C=O) groups excluding carboxylic acids is 1. The van der Waals surface area contributed by atoms with Gasteiger partial charge in [0.05, 0.1) is 37.0 Å². The number of amides is 1. The monoisotopic (exact) mass is 460 g/mol. The van der Waals surface area contributed by atoms with Crippen molar-refractivity contribution >= 4 is 22.6 Å². The minimum absolute atomic E-state index is 0.0830. The van der Waals surface area contributed by atoms with Crippen LogP contribution in [0.15, 0.2) is 36.4 Å². The summed E-state index contributed by atoms with van der Waals surface area (Å²) in [4.78, 5) is 23.2. The number of nitrogens with zero attached hydrogens (tertiary/aromatic N) is 2. The standard InChI is InChI=1S/C20H19F3N8O2/c21-9-1-12-13(4-24-17(12)14(22)2-9)18-25-5-15(23)19(29-18)27-10-3-11(8-33-7-10)28-20(32)16-6-26-31-30-16/h1-2,4-6,10-11,24,26,30-31H,3,7-8H2,(H,28,32)(H,25,27,29). The number of aromatic nitrogens is 3. The van der Waals surface area contributed by atoms with Crippen molar-refractivity contribution < 1.29 is 22.7 Å². The predicted octanol–water partition coefficient (Wildman–Crippen LogP) is 1.18. The average Bonchev–Trinajstić information content (AvgIpc) is 3.46. The molecule has 13 heteroatoms. The van der Waals surface area contributed by atoms with Crippen LogP contribution in [-0.2, 0) is 9.53 Å². The first-order valence-corrected chi connectivity index (χ1v) is 10.1. The molecule has 6 N–H and O–H groups in total. The summed E-state index contributed by atoms with van der Waals surface area (Å²) in [6, 6.07) is 1.27. The van der Waals surface area contributed by atoms with E-state index in [0.29, 0.717) is 24.3 Å². The van der Waals surface area contributed by atoms with Crippen LogP contribution in [0, 0.1) is 17.5 Å². The number of aromatic amines is 1. The van der Waals surface area contributed by atoms with Crippen molar-refractivity contribution in [3.05, 3.63) is 53.9 Å². The fourth-order valence-electron chi connectivity index (χ4n) is 3.80. The van der Waals surface area contributed by atoms with Crippen molar-refractivity contribution in [1.82, 2.24) is 36.7 Å². The van der Waals surface area contributed by atoms with Crippen molar-refractivity contribution in [2.45, 2.75) is 18.5 Å². The van der Waals surface area contributed by atoms with Gasteiger partial charge in [0.2, 0.25) is 0 Å². The first-order chi connectivity index (χ1) is 16.0. The summed E-state index contributed by atoms with van der Waals surface area (Å²) in [7, 11) is 0. The van der Waals surface area contributed by atoms with E-state index in [1.54, 1.807) is 0 Å². The molecular formula is C20H19F3N8O2. The molecule has 2 aliphatic rings. The summed E-state index contributed by atoms with van der Waals surface area (Å²) in [6.07, 6.45) is 4.37. The largest absolute Gasteiger partial charge is 0.377 e. The van der Waals surface area contributed by atoms with E-state index in [2.05, 4.69) is 42.0 Å². The Morgan fingerprint density at radius 2 is 2.00 bits per heavy atom. The van der Waals surface area contributed by atoms with E-state index >= 15 is 0 Å². The van der Waals surface area contributed by atoms with Gasteiger partial charge in [-0.1, -0.05) is 0 Å². The molecule has 2 aliphatic heterocycles. The molecule has 2 atom stereocenters. The predicted molar refractivity (Wildman–Crippen MR) is 111 cm³/mol. The van der Waals surface area contributed by atoms with Crippen LogP contribution in [0.5, 0.6) is 0 Å². The third-order valence-electron chi connectivity index (χ3n) is 5.30. The lowest BCUT2D eigenvalue weighted by molar-refractivity contribution is -0.119. The minimum atomic E-state index is -0.751. The molecule has 172 valence electrons. The number of benzene rings is 1. The SMILES string of the molecule is O=C(NC1COCC(Nc2nc(-c3c[nH]c4c(F)cc(F)cc34)ncc2F)C1)C1=CNNN1. The Kier molecular flexibility index (Phi) is 5.48. The van der Waals surface area contributed by atoms with Crippen molar-refractivity contribution in [2.24, 2.45) is 0 Å². The molecular weight excluding hydrogens is 441 g/mol. The number of rotatable bonds is 5. The third-order valence-corrected chi connectivity index (χ3v) is 5.30. The van der Waals surface area contributed by atoms with Gasteiger partial charge in [-0.25, -0.2) is 23.1 Å². The molecule has 1 fully saturated rings. The van der Waals surface area contributed by atoms with Crippen molar-refractivity contribution in [1.29, 1.82) is 0 Å². The lowest BCUT2D eigenvalue weighted by Gasteiger charge is -2.30. The van der Waals surface area contributed by atoms with Crippen LogP contribution in [0.25, 0.3) is 22.3 Å². The maximum absolute atomic E-state index is 14.5. The Balaban J connectivity index is 1.33. The molecule has 3 aromatic rings. The van der Waals surface area contributed by atoms with Crippen LogP contribution >= 0.6 is 0 Å². The minimum Gasteiger partial charge on any atom is -0.377 e. The van der Waals surface area contributed by atoms with Gasteiger partial charge in [0, 0.05) is 29.4 Å². The number of hydrogen-bond donors (Lipinski definition) is 6. The summed E-state index contributed by atoms with van der Waals surface area (Å²) >= 11 is 0. The van der Waals surface area contributed by atoms with Crippen LogP contribution < -0.4 is 27.0 Å². The van der Waals surface area contributed by atoms with Crippen molar-refractivity contribution in [3.8, 4) is 11.4 Å². The smallest absolute Gasteiger partial charge is 0.270 e. The molecule has 0 bridgehead atoms. The summed E-state index contributed by atoms with van der Waals surface area (Å²) in [5.41, 5.74) is 8.63. The quantitative estimate of drug-likeness (QED) is 0.335. The summed E-state index contributed by atoms with van der Waals surface area (Å²) < 4.78 is 47.8. The topological polar surface area (TPSA) is 128 Å². The molecule has 0 aliphatic carbocycles. The molecule has 0 saturated carbocycles. The Labute approximate surface area is 184 Å². The van der Waals surface area contributed by atoms with Gasteiger partial charge in [-0.15, -0.1) is 0 Å². The zero-order valence-electron chi connectivity index (χ0n) is 17.0. The van der Waals surface area contributed by atoms with Crippen LogP contribution in [-0.4, -0.2) is 46.2 Å². The van der Waals surface area contributed by atoms with E-state index in [-0.39, 0.29) is 47.1 Å². The van der Waals surface area contributed by atoms with Crippen molar-refractivity contribution in [2.75, 3.05) is 18.5 Å². The Morgan fingerprint density at radius 3 is 2.82 bits per heavy atom. The number of hydrogen-bond acceptors (Lipinski definition) is 8. The number of halogens is 3. The second-order valence-corrected chi connectivity index (χ2v) is 7.64. The van der Waals surface area contributed by atoms with Gasteiger partial charge in [-0.05, 0) is 12.5 Å². The van der Waals surface area contributed by atoms with Gasteiger partial charge in [0.15, 0.2) is 17.5 Å². The number of H-pyrrole nitrogens is 1. The zero-order valence-corrected chi connectivity index (χ0v) is 17.0. The highest BCUT2D eigenvalue weighted by molar-refractivity contribution is 5.94. The molecule has 4 heterocycles.